The van der Waals surface area contributed by atoms with Crippen molar-refractivity contribution in [2.24, 2.45) is 0 Å². The van der Waals surface area contributed by atoms with Crippen LogP contribution in [-0.2, 0) is 15.6 Å². The molecule has 0 atom stereocenters. The number of pyridine rings is 1. The number of hydrogen-bond donors (Lipinski definition) is 0. The molecule has 0 N–H and O–H groups in total. The third-order valence-corrected chi connectivity index (χ3v) is 5.15. The van der Waals surface area contributed by atoms with Crippen molar-refractivity contribution in [3.63, 3.8) is 0 Å². The first kappa shape index (κ1) is 16.0. The smallest absolute Gasteiger partial charge is 0.232 e. The zero-order valence-corrected chi connectivity index (χ0v) is 14.1. The van der Waals surface area contributed by atoms with E-state index in [1.54, 1.807) is 42.6 Å². The second kappa shape index (κ2) is 6.31. The van der Waals surface area contributed by atoms with Crippen LogP contribution in [0.15, 0.2) is 60.1 Å². The van der Waals surface area contributed by atoms with Gasteiger partial charge in [0.15, 0.2) is 0 Å². The van der Waals surface area contributed by atoms with Crippen LogP contribution < -0.4 is 0 Å². The maximum absolute atomic E-state index is 12.6. The lowest BCUT2D eigenvalue weighted by Gasteiger charge is -2.09. The van der Waals surface area contributed by atoms with Crippen molar-refractivity contribution < 1.29 is 8.42 Å². The van der Waals surface area contributed by atoms with E-state index in [9.17, 15) is 8.42 Å². The zero-order valence-electron chi connectivity index (χ0n) is 11.7. The summed E-state index contributed by atoms with van der Waals surface area (Å²) in [5.41, 5.74) is 1.16. The van der Waals surface area contributed by atoms with Crippen LogP contribution in [-0.4, -0.2) is 23.0 Å². The summed E-state index contributed by atoms with van der Waals surface area (Å²) in [6, 6.07) is 10.1. The number of benzene rings is 1. The molecule has 0 aliphatic rings. The normalized spacial score (nSPS) is 11.6. The van der Waals surface area contributed by atoms with Crippen LogP contribution >= 0.6 is 23.2 Å². The van der Waals surface area contributed by atoms with Gasteiger partial charge in [-0.25, -0.2) is 18.4 Å². The molecule has 0 radical (unpaired) electrons. The summed E-state index contributed by atoms with van der Waals surface area (Å²) >= 11 is 11.7. The number of nitrogens with zero attached hydrogens (tertiary/aromatic N) is 3. The van der Waals surface area contributed by atoms with Crippen molar-refractivity contribution in [3.05, 3.63) is 70.7 Å². The number of halogens is 2. The Morgan fingerprint density at radius 3 is 2.61 bits per heavy atom. The summed E-state index contributed by atoms with van der Waals surface area (Å²) in [4.78, 5) is 7.89. The Kier molecular flexibility index (Phi) is 4.39. The number of rotatable bonds is 4. The Morgan fingerprint density at radius 2 is 1.91 bits per heavy atom. The van der Waals surface area contributed by atoms with Crippen molar-refractivity contribution in [1.82, 2.24) is 14.5 Å². The van der Waals surface area contributed by atoms with Crippen LogP contribution in [0.4, 0.5) is 0 Å². The molecule has 0 saturated heterocycles. The Balaban J connectivity index is 1.98. The van der Waals surface area contributed by atoms with Crippen LogP contribution in [0.25, 0.3) is 5.69 Å². The Bertz CT molecular complexity index is 937. The van der Waals surface area contributed by atoms with E-state index in [2.05, 4.69) is 9.97 Å². The van der Waals surface area contributed by atoms with Crippen LogP contribution in [0, 0.1) is 0 Å². The third kappa shape index (κ3) is 3.55. The monoisotopic (exact) mass is 367 g/mol. The Morgan fingerprint density at radius 1 is 1.09 bits per heavy atom. The van der Waals surface area contributed by atoms with E-state index in [0.29, 0.717) is 21.4 Å². The molecular formula is C15H11Cl2N3O2S. The zero-order chi connectivity index (χ0) is 16.4. The van der Waals surface area contributed by atoms with Gasteiger partial charge in [0.05, 0.1) is 5.75 Å². The molecule has 2 heterocycles. The standard InChI is InChI=1S/C15H11Cl2N3O2S/c16-12-2-1-3-13(8-12)20-7-6-18-15(20)23(21,22)10-11-4-5-14(17)19-9-11/h1-9H,10H2. The Labute approximate surface area is 143 Å². The van der Waals surface area contributed by atoms with Gasteiger partial charge in [0.2, 0.25) is 15.0 Å². The molecule has 0 amide bonds. The average molecular weight is 368 g/mol. The molecule has 3 aromatic rings. The van der Waals surface area contributed by atoms with Crippen LogP contribution in [0.3, 0.4) is 0 Å². The molecule has 0 spiro atoms. The summed E-state index contributed by atoms with van der Waals surface area (Å²) < 4.78 is 26.8. The topological polar surface area (TPSA) is 64.8 Å². The fourth-order valence-corrected chi connectivity index (χ4v) is 3.84. The van der Waals surface area contributed by atoms with Crippen LogP contribution in [0.5, 0.6) is 0 Å². The lowest BCUT2D eigenvalue weighted by atomic mass is 10.3. The lowest BCUT2D eigenvalue weighted by molar-refractivity contribution is 0.583. The summed E-state index contributed by atoms with van der Waals surface area (Å²) in [7, 11) is -3.65. The van der Waals surface area contributed by atoms with Crippen molar-refractivity contribution >= 4 is 33.0 Å². The molecule has 118 valence electrons. The van der Waals surface area contributed by atoms with Crippen LogP contribution in [0.1, 0.15) is 5.56 Å². The largest absolute Gasteiger partial charge is 0.291 e. The second-order valence-electron chi connectivity index (χ2n) is 4.81. The maximum Gasteiger partial charge on any atom is 0.232 e. The second-order valence-corrected chi connectivity index (χ2v) is 7.51. The van der Waals surface area contributed by atoms with Gasteiger partial charge in [-0.2, -0.15) is 0 Å². The predicted molar refractivity (Wildman–Crippen MR) is 88.7 cm³/mol. The van der Waals surface area contributed by atoms with Crippen molar-refractivity contribution in [3.8, 4) is 5.69 Å². The molecule has 1 aromatic carbocycles. The highest BCUT2D eigenvalue weighted by atomic mass is 35.5. The third-order valence-electron chi connectivity index (χ3n) is 3.12. The summed E-state index contributed by atoms with van der Waals surface area (Å²) in [5.74, 6) is -0.214. The van der Waals surface area contributed by atoms with Gasteiger partial charge in [0.1, 0.15) is 5.15 Å². The minimum absolute atomic E-state index is 0.0466. The molecule has 0 fully saturated rings. The molecule has 0 unspecified atom stereocenters. The van der Waals surface area contributed by atoms with Crippen molar-refractivity contribution in [2.75, 3.05) is 0 Å². The van der Waals surface area contributed by atoms with Crippen molar-refractivity contribution in [2.45, 2.75) is 10.9 Å². The van der Waals surface area contributed by atoms with Gasteiger partial charge in [0, 0.05) is 29.3 Å². The molecule has 0 bridgehead atoms. The number of aromatic nitrogens is 3. The molecule has 23 heavy (non-hydrogen) atoms. The maximum atomic E-state index is 12.6. The van der Waals surface area contributed by atoms with E-state index in [1.165, 1.54) is 17.0 Å². The minimum Gasteiger partial charge on any atom is -0.291 e. The van der Waals surface area contributed by atoms with Gasteiger partial charge in [0.25, 0.3) is 0 Å². The summed E-state index contributed by atoms with van der Waals surface area (Å²) in [6.07, 6.45) is 4.46. The highest BCUT2D eigenvalue weighted by molar-refractivity contribution is 7.90. The fraction of sp³-hybridized carbons (Fsp3) is 0.0667. The SMILES string of the molecule is O=S(=O)(Cc1ccc(Cl)nc1)c1nccn1-c1cccc(Cl)c1. The lowest BCUT2D eigenvalue weighted by Crippen LogP contribution is -2.12. The summed E-state index contributed by atoms with van der Waals surface area (Å²) in [5, 5.41) is 0.780. The van der Waals surface area contributed by atoms with Crippen LogP contribution in [0.2, 0.25) is 10.2 Å². The quantitative estimate of drug-likeness (QED) is 0.661. The first-order valence-electron chi connectivity index (χ1n) is 6.58. The molecule has 5 nitrogen and oxygen atoms in total. The number of hydrogen-bond acceptors (Lipinski definition) is 4. The van der Waals surface area contributed by atoms with Gasteiger partial charge in [-0.1, -0.05) is 35.3 Å². The Hall–Kier alpha value is -1.89. The first-order chi connectivity index (χ1) is 11.0. The predicted octanol–water partition coefficient (Wildman–Crippen LogP) is 3.55. The van der Waals surface area contributed by atoms with E-state index in [0.717, 1.165) is 0 Å². The van der Waals surface area contributed by atoms with E-state index in [1.807, 2.05) is 0 Å². The first-order valence-corrected chi connectivity index (χ1v) is 8.99. The van der Waals surface area contributed by atoms with Crippen molar-refractivity contribution in [1.29, 1.82) is 0 Å². The molecule has 2 aromatic heterocycles. The fourth-order valence-electron chi connectivity index (χ4n) is 2.12. The average Bonchev–Trinajstić information content (AvgIpc) is 3.00. The molecule has 0 aliphatic carbocycles. The minimum atomic E-state index is -3.65. The van der Waals surface area contributed by atoms with E-state index in [-0.39, 0.29) is 10.9 Å². The van der Waals surface area contributed by atoms with Gasteiger partial charge in [-0.3, -0.25) is 4.57 Å². The van der Waals surface area contributed by atoms with E-state index in [4.69, 9.17) is 23.2 Å². The number of imidazole rings is 1. The molecule has 0 aliphatic heterocycles. The van der Waals surface area contributed by atoms with E-state index >= 15 is 0 Å². The molecule has 8 heteroatoms. The van der Waals surface area contributed by atoms with Gasteiger partial charge < -0.3 is 0 Å². The molecule has 3 rings (SSSR count). The van der Waals surface area contributed by atoms with Gasteiger partial charge in [-0.15, -0.1) is 0 Å². The molecular weight excluding hydrogens is 357 g/mol. The molecule has 0 saturated carbocycles. The van der Waals surface area contributed by atoms with Gasteiger partial charge in [-0.05, 0) is 29.8 Å². The highest BCUT2D eigenvalue weighted by Crippen LogP contribution is 2.21. The van der Waals surface area contributed by atoms with Gasteiger partial charge >= 0.3 is 0 Å². The van der Waals surface area contributed by atoms with E-state index < -0.39 is 9.84 Å². The summed E-state index contributed by atoms with van der Waals surface area (Å²) in [6.45, 7) is 0. The highest BCUT2D eigenvalue weighted by Gasteiger charge is 2.22. The number of sulfone groups is 1.